The number of hydrogen-bond acceptors (Lipinski definition) is 5. The average Bonchev–Trinajstić information content (AvgIpc) is 3.17. The minimum atomic E-state index is -1.11. The summed E-state index contributed by atoms with van der Waals surface area (Å²) in [5.74, 6) is -1.17. The molecule has 10 heteroatoms. The molecule has 0 saturated carbocycles. The van der Waals surface area contributed by atoms with Crippen LogP contribution < -0.4 is 5.32 Å². The third kappa shape index (κ3) is 5.20. The molecular weight excluding hydrogens is 464 g/mol. The summed E-state index contributed by atoms with van der Waals surface area (Å²) in [6.45, 7) is 4.55. The first-order valence-electron chi connectivity index (χ1n) is 11.0. The van der Waals surface area contributed by atoms with Gasteiger partial charge in [-0.2, -0.15) is 5.10 Å². The maximum Gasteiger partial charge on any atom is 0.310 e. The summed E-state index contributed by atoms with van der Waals surface area (Å²) < 4.78 is 28.7. The highest BCUT2D eigenvalue weighted by molar-refractivity contribution is 6.30. The normalized spacial score (nSPS) is 20.9. The molecule has 0 spiro atoms. The van der Waals surface area contributed by atoms with E-state index < -0.39 is 23.0 Å². The van der Waals surface area contributed by atoms with Crippen LogP contribution in [0.25, 0.3) is 0 Å². The molecule has 1 fully saturated rings. The van der Waals surface area contributed by atoms with Crippen LogP contribution in [0, 0.1) is 24.0 Å². The van der Waals surface area contributed by atoms with Gasteiger partial charge in [0.25, 0.3) is 0 Å². The van der Waals surface area contributed by atoms with Gasteiger partial charge in [0.15, 0.2) is 5.82 Å². The average molecular weight is 490 g/mol. The van der Waals surface area contributed by atoms with Crippen molar-refractivity contribution in [1.82, 2.24) is 20.1 Å². The number of aromatic nitrogens is 3. The predicted molar refractivity (Wildman–Crippen MR) is 125 cm³/mol. The maximum absolute atomic E-state index is 14.4. The van der Waals surface area contributed by atoms with Crippen molar-refractivity contribution in [3.8, 4) is 0 Å². The highest BCUT2D eigenvalue weighted by atomic mass is 35.5. The first kappa shape index (κ1) is 24.1. The van der Waals surface area contributed by atoms with E-state index in [-0.39, 0.29) is 23.3 Å². The Morgan fingerprint density at radius 2 is 2.12 bits per heavy atom. The summed E-state index contributed by atoms with van der Waals surface area (Å²) in [7, 11) is 0. The van der Waals surface area contributed by atoms with Crippen molar-refractivity contribution in [3.05, 3.63) is 70.0 Å². The van der Waals surface area contributed by atoms with Gasteiger partial charge >= 0.3 is 5.97 Å². The van der Waals surface area contributed by atoms with E-state index in [4.69, 9.17) is 11.6 Å². The number of carboxylic acids is 1. The van der Waals surface area contributed by atoms with E-state index in [1.54, 1.807) is 18.2 Å². The molecule has 2 aromatic heterocycles. The molecule has 3 heterocycles. The number of nitrogens with one attached hydrogen (secondary N) is 2. The van der Waals surface area contributed by atoms with Crippen molar-refractivity contribution in [2.75, 3.05) is 11.9 Å². The van der Waals surface area contributed by atoms with Crippen LogP contribution >= 0.6 is 11.6 Å². The van der Waals surface area contributed by atoms with Crippen molar-refractivity contribution in [2.45, 2.75) is 45.7 Å². The van der Waals surface area contributed by atoms with Crippen LogP contribution in [-0.4, -0.2) is 43.7 Å². The van der Waals surface area contributed by atoms with E-state index in [1.807, 2.05) is 18.7 Å². The highest BCUT2D eigenvalue weighted by Crippen LogP contribution is 2.39. The third-order valence-electron chi connectivity index (χ3n) is 6.37. The van der Waals surface area contributed by atoms with Crippen molar-refractivity contribution in [3.63, 3.8) is 0 Å². The maximum atomic E-state index is 14.4. The molecule has 0 unspecified atom stereocenters. The lowest BCUT2D eigenvalue weighted by Gasteiger charge is -2.43. The molecule has 3 aromatic rings. The first-order valence-corrected chi connectivity index (χ1v) is 11.4. The van der Waals surface area contributed by atoms with E-state index >= 15 is 0 Å². The van der Waals surface area contributed by atoms with E-state index in [0.29, 0.717) is 43.0 Å². The van der Waals surface area contributed by atoms with Gasteiger partial charge < -0.3 is 10.4 Å². The van der Waals surface area contributed by atoms with E-state index in [0.717, 1.165) is 5.69 Å². The van der Waals surface area contributed by atoms with Gasteiger partial charge in [0, 0.05) is 48.1 Å². The quantitative estimate of drug-likeness (QED) is 0.428. The molecule has 180 valence electrons. The number of likely N-dealkylation sites (tertiary alicyclic amines) is 1. The monoisotopic (exact) mass is 489 g/mol. The van der Waals surface area contributed by atoms with Crippen molar-refractivity contribution >= 4 is 29.2 Å². The molecule has 7 nitrogen and oxygen atoms in total. The fourth-order valence-corrected chi connectivity index (χ4v) is 4.79. The van der Waals surface area contributed by atoms with Crippen molar-refractivity contribution in [1.29, 1.82) is 0 Å². The fraction of sp³-hybridized carbons (Fsp3) is 0.375. The van der Waals surface area contributed by atoms with Gasteiger partial charge in [0.05, 0.1) is 10.4 Å². The van der Waals surface area contributed by atoms with Crippen LogP contribution in [0.5, 0.6) is 0 Å². The zero-order chi connectivity index (χ0) is 24.5. The Balaban J connectivity index is 1.51. The number of nitrogens with zero attached hydrogens (tertiary/aromatic N) is 3. The van der Waals surface area contributed by atoms with Crippen LogP contribution in [0.3, 0.4) is 0 Å². The zero-order valence-electron chi connectivity index (χ0n) is 18.9. The lowest BCUT2D eigenvalue weighted by molar-refractivity contribution is -0.153. The minimum Gasteiger partial charge on any atom is -0.481 e. The lowest BCUT2D eigenvalue weighted by atomic mass is 9.72. The molecule has 1 saturated heterocycles. The smallest absolute Gasteiger partial charge is 0.310 e. The Kier molecular flexibility index (Phi) is 6.86. The van der Waals surface area contributed by atoms with Crippen LogP contribution in [0.15, 0.2) is 36.4 Å². The number of rotatable bonds is 7. The number of halogens is 3. The molecule has 0 bridgehead atoms. The van der Waals surface area contributed by atoms with Crippen molar-refractivity contribution < 1.29 is 18.7 Å². The Morgan fingerprint density at radius 1 is 1.32 bits per heavy atom. The highest BCUT2D eigenvalue weighted by Gasteiger charge is 2.44. The second kappa shape index (κ2) is 9.68. The van der Waals surface area contributed by atoms with Crippen LogP contribution in [0.4, 0.5) is 20.4 Å². The number of benzene rings is 1. The molecule has 34 heavy (non-hydrogen) atoms. The molecule has 1 aromatic carbocycles. The molecule has 2 atom stereocenters. The second-order valence-electron chi connectivity index (χ2n) is 8.97. The van der Waals surface area contributed by atoms with E-state index in [1.165, 1.54) is 18.2 Å². The Bertz CT molecular complexity index is 1200. The first-order chi connectivity index (χ1) is 16.1. The number of H-pyrrole nitrogens is 1. The summed E-state index contributed by atoms with van der Waals surface area (Å²) >= 11 is 5.90. The number of piperidine rings is 1. The Hall–Kier alpha value is -3.04. The lowest BCUT2D eigenvalue weighted by Crippen LogP contribution is -2.49. The second-order valence-corrected chi connectivity index (χ2v) is 9.38. The third-order valence-corrected chi connectivity index (χ3v) is 6.66. The standard InChI is InChI=1S/C24H26ClF2N5O2/c1-14-8-21(31-30-14)29-20-10-17(26)9-18(28-20)12-24(23(33)34)6-7-32(15(2)11-24)13-16-4-3-5-19(25)22(16)27/h3-5,8-10,15H,6-7,11-13H2,1-2H3,(H,33,34)(H2,28,29,30,31)/t15-,24-/m1/s1. The largest absolute Gasteiger partial charge is 0.481 e. The number of carbonyl (C=O) groups is 1. The van der Waals surface area contributed by atoms with Crippen LogP contribution in [-0.2, 0) is 17.8 Å². The summed E-state index contributed by atoms with van der Waals surface area (Å²) in [6, 6.07) is 9.00. The number of carboxylic acid groups (broad SMARTS) is 1. The predicted octanol–water partition coefficient (Wildman–Crippen LogP) is 5.09. The number of aliphatic carboxylic acids is 1. The van der Waals surface area contributed by atoms with Gasteiger partial charge in [-0.1, -0.05) is 23.7 Å². The van der Waals surface area contributed by atoms with E-state index in [9.17, 15) is 18.7 Å². The Morgan fingerprint density at radius 3 is 2.79 bits per heavy atom. The van der Waals surface area contributed by atoms with Gasteiger partial charge in [0.1, 0.15) is 17.5 Å². The number of hydrogen-bond donors (Lipinski definition) is 3. The molecule has 0 amide bonds. The van der Waals surface area contributed by atoms with Crippen LogP contribution in [0.2, 0.25) is 5.02 Å². The summed E-state index contributed by atoms with van der Waals surface area (Å²) in [5, 5.41) is 20.0. The SMILES string of the molecule is Cc1cc(Nc2cc(F)cc(C[C@@]3(C(=O)O)CCN(Cc4cccc(Cl)c4F)[C@H](C)C3)n2)n[nH]1. The Labute approximate surface area is 201 Å². The number of anilines is 2. The number of pyridine rings is 1. The molecule has 1 aliphatic heterocycles. The van der Waals surface area contributed by atoms with Crippen molar-refractivity contribution in [2.24, 2.45) is 5.41 Å². The van der Waals surface area contributed by atoms with Gasteiger partial charge in [-0.25, -0.2) is 13.8 Å². The minimum absolute atomic E-state index is 0.0636. The molecule has 3 N–H and O–H groups in total. The number of aromatic amines is 1. The van der Waals surface area contributed by atoms with Gasteiger partial charge in [0.2, 0.25) is 0 Å². The van der Waals surface area contributed by atoms with Gasteiger partial charge in [-0.15, -0.1) is 0 Å². The summed E-state index contributed by atoms with van der Waals surface area (Å²) in [5.41, 5.74) is 0.545. The topological polar surface area (TPSA) is 94.1 Å². The molecule has 4 rings (SSSR count). The summed E-state index contributed by atoms with van der Waals surface area (Å²) in [4.78, 5) is 18.9. The van der Waals surface area contributed by atoms with E-state index in [2.05, 4.69) is 20.5 Å². The molecular formula is C24H26ClF2N5O2. The van der Waals surface area contributed by atoms with Gasteiger partial charge in [-0.3, -0.25) is 14.8 Å². The summed E-state index contributed by atoms with van der Waals surface area (Å²) in [6.07, 6.45) is 0.733. The molecule has 0 aliphatic carbocycles. The fourth-order valence-electron chi connectivity index (χ4n) is 4.59. The molecule has 1 aliphatic rings. The van der Waals surface area contributed by atoms with Crippen LogP contribution in [0.1, 0.15) is 36.7 Å². The molecule has 0 radical (unpaired) electrons. The van der Waals surface area contributed by atoms with Gasteiger partial charge in [-0.05, 0) is 45.4 Å². The number of aryl methyl sites for hydroxylation is 1. The zero-order valence-corrected chi connectivity index (χ0v) is 19.7.